The molecule has 134 valence electrons. The van der Waals surface area contributed by atoms with Crippen molar-refractivity contribution in [3.63, 3.8) is 0 Å². The summed E-state index contributed by atoms with van der Waals surface area (Å²) < 4.78 is 27.1. The van der Waals surface area contributed by atoms with Crippen molar-refractivity contribution in [3.8, 4) is 6.07 Å². The van der Waals surface area contributed by atoms with Gasteiger partial charge in [-0.25, -0.2) is 13.1 Å². The van der Waals surface area contributed by atoms with Crippen LogP contribution >= 0.6 is 0 Å². The van der Waals surface area contributed by atoms with E-state index >= 15 is 0 Å². The molecule has 0 aromatic heterocycles. The first-order valence-electron chi connectivity index (χ1n) is 8.78. The van der Waals surface area contributed by atoms with Crippen molar-refractivity contribution in [1.29, 1.82) is 5.26 Å². The van der Waals surface area contributed by atoms with Crippen molar-refractivity contribution < 1.29 is 13.2 Å². The van der Waals surface area contributed by atoms with Crippen molar-refractivity contribution in [2.24, 2.45) is 11.8 Å². The molecule has 0 radical (unpaired) electrons. The minimum absolute atomic E-state index is 0.0745. The van der Waals surface area contributed by atoms with Crippen molar-refractivity contribution >= 4 is 15.9 Å². The number of nitriles is 1. The van der Waals surface area contributed by atoms with Gasteiger partial charge in [-0.3, -0.25) is 4.79 Å². The fraction of sp³-hybridized carbons (Fsp3) is 0.556. The summed E-state index contributed by atoms with van der Waals surface area (Å²) in [6, 6.07) is 7.86. The topological polar surface area (TPSA) is 90.3 Å². The quantitative estimate of drug-likeness (QED) is 0.886. The second kappa shape index (κ2) is 7.54. The van der Waals surface area contributed by atoms with Crippen LogP contribution in [0.15, 0.2) is 29.2 Å². The van der Waals surface area contributed by atoms with Gasteiger partial charge in [-0.05, 0) is 36.8 Å². The molecule has 0 unspecified atom stereocenters. The fourth-order valence-corrected chi connectivity index (χ4v) is 5.10. The summed E-state index contributed by atoms with van der Waals surface area (Å²) >= 11 is 0. The first-order chi connectivity index (χ1) is 12.0. The third kappa shape index (κ3) is 4.02. The highest BCUT2D eigenvalue weighted by Gasteiger charge is 2.33. The van der Waals surface area contributed by atoms with Gasteiger partial charge in [-0.1, -0.05) is 31.4 Å². The van der Waals surface area contributed by atoms with Crippen LogP contribution in [-0.2, 0) is 14.8 Å². The van der Waals surface area contributed by atoms with E-state index in [0.29, 0.717) is 12.5 Å². The molecule has 1 heterocycles. The van der Waals surface area contributed by atoms with Crippen LogP contribution in [0.5, 0.6) is 0 Å². The number of amides is 1. The summed E-state index contributed by atoms with van der Waals surface area (Å²) in [6.45, 7) is 1.18. The summed E-state index contributed by atoms with van der Waals surface area (Å²) in [5, 5.41) is 9.06. The molecule has 3 rings (SSSR count). The number of sulfonamides is 1. The molecule has 2 fully saturated rings. The van der Waals surface area contributed by atoms with Crippen LogP contribution in [0, 0.1) is 23.2 Å². The molecule has 1 amide bonds. The van der Waals surface area contributed by atoms with Gasteiger partial charge in [0.05, 0.1) is 17.0 Å². The van der Waals surface area contributed by atoms with Gasteiger partial charge in [0, 0.05) is 13.1 Å². The fourth-order valence-electron chi connectivity index (χ4n) is 3.97. The van der Waals surface area contributed by atoms with Crippen LogP contribution in [0.25, 0.3) is 0 Å². The highest BCUT2D eigenvalue weighted by atomic mass is 32.2. The van der Waals surface area contributed by atoms with Crippen molar-refractivity contribution in [1.82, 2.24) is 9.62 Å². The maximum absolute atomic E-state index is 12.4. The van der Waals surface area contributed by atoms with Crippen LogP contribution < -0.4 is 4.72 Å². The Balaban J connectivity index is 1.61. The predicted octanol–water partition coefficient (Wildman–Crippen LogP) is 1.88. The van der Waals surface area contributed by atoms with Gasteiger partial charge in [-0.15, -0.1) is 0 Å². The number of benzene rings is 1. The zero-order valence-corrected chi connectivity index (χ0v) is 15.0. The number of piperidine rings is 1. The highest BCUT2D eigenvalue weighted by Crippen LogP contribution is 2.35. The number of nitrogens with one attached hydrogen (secondary N) is 1. The van der Waals surface area contributed by atoms with Gasteiger partial charge in [0.15, 0.2) is 0 Å². The van der Waals surface area contributed by atoms with E-state index in [4.69, 9.17) is 5.26 Å². The van der Waals surface area contributed by atoms with E-state index in [1.54, 1.807) is 17.0 Å². The molecule has 2 atom stereocenters. The van der Waals surface area contributed by atoms with E-state index in [0.717, 1.165) is 25.3 Å². The van der Waals surface area contributed by atoms with Gasteiger partial charge < -0.3 is 4.90 Å². The van der Waals surface area contributed by atoms with E-state index < -0.39 is 10.0 Å². The summed E-state index contributed by atoms with van der Waals surface area (Å²) in [5.41, 5.74) is 0.0745. The summed E-state index contributed by atoms with van der Waals surface area (Å²) in [4.78, 5) is 14.1. The lowest BCUT2D eigenvalue weighted by Crippen LogP contribution is -2.48. The zero-order chi connectivity index (χ0) is 17.9. The minimum atomic E-state index is -3.88. The van der Waals surface area contributed by atoms with Crippen LogP contribution in [-0.4, -0.2) is 38.9 Å². The predicted molar refractivity (Wildman–Crippen MR) is 93.0 cm³/mol. The van der Waals surface area contributed by atoms with Gasteiger partial charge >= 0.3 is 0 Å². The Bertz CT molecular complexity index is 785. The highest BCUT2D eigenvalue weighted by molar-refractivity contribution is 7.89. The van der Waals surface area contributed by atoms with Crippen LogP contribution in [0.3, 0.4) is 0 Å². The Morgan fingerprint density at radius 2 is 1.92 bits per heavy atom. The molecule has 6 nitrogen and oxygen atoms in total. The molecule has 1 aliphatic heterocycles. The number of hydrogen-bond acceptors (Lipinski definition) is 4. The van der Waals surface area contributed by atoms with Gasteiger partial charge in [-0.2, -0.15) is 5.26 Å². The van der Waals surface area contributed by atoms with Crippen molar-refractivity contribution in [2.45, 2.75) is 37.0 Å². The number of likely N-dealkylation sites (tertiary alicyclic amines) is 1. The summed E-state index contributed by atoms with van der Waals surface area (Å²) in [6.07, 6.45) is 5.94. The summed E-state index contributed by atoms with van der Waals surface area (Å²) in [5.74, 6) is 1.08. The molecule has 1 saturated carbocycles. The Hall–Kier alpha value is -1.91. The lowest BCUT2D eigenvalue weighted by molar-refractivity contribution is -0.133. The number of fused-ring (bicyclic) bond motifs is 1. The number of carbonyl (C=O) groups is 1. The zero-order valence-electron chi connectivity index (χ0n) is 14.1. The lowest BCUT2D eigenvalue weighted by atomic mass is 9.75. The second-order valence-electron chi connectivity index (χ2n) is 6.87. The number of carbonyl (C=O) groups excluding carboxylic acids is 1. The molecule has 2 aliphatic rings. The molecule has 1 aromatic carbocycles. The molecule has 25 heavy (non-hydrogen) atoms. The maximum Gasteiger partial charge on any atom is 0.242 e. The van der Waals surface area contributed by atoms with E-state index in [-0.39, 0.29) is 22.9 Å². The van der Waals surface area contributed by atoms with Gasteiger partial charge in [0.25, 0.3) is 0 Å². The van der Waals surface area contributed by atoms with Crippen LogP contribution in [0.1, 0.15) is 37.7 Å². The third-order valence-corrected chi connectivity index (χ3v) is 6.81. The van der Waals surface area contributed by atoms with Crippen LogP contribution in [0.4, 0.5) is 0 Å². The average molecular weight is 361 g/mol. The van der Waals surface area contributed by atoms with Crippen molar-refractivity contribution in [2.75, 3.05) is 19.6 Å². The summed E-state index contributed by atoms with van der Waals surface area (Å²) in [7, 11) is -3.88. The Kier molecular flexibility index (Phi) is 5.40. The molecule has 1 aliphatic carbocycles. The lowest BCUT2D eigenvalue weighted by Gasteiger charge is -2.41. The van der Waals surface area contributed by atoms with E-state index in [9.17, 15) is 13.2 Å². The molecule has 1 saturated heterocycles. The van der Waals surface area contributed by atoms with E-state index in [2.05, 4.69) is 4.72 Å². The third-order valence-electron chi connectivity index (χ3n) is 5.35. The number of hydrogen-bond donors (Lipinski definition) is 1. The Morgan fingerprint density at radius 3 is 2.68 bits per heavy atom. The molecular formula is C18H23N3O3S. The first kappa shape index (κ1) is 17.9. The molecule has 1 aromatic rings. The molecule has 7 heteroatoms. The first-order valence-corrected chi connectivity index (χ1v) is 10.3. The van der Waals surface area contributed by atoms with E-state index in [1.165, 1.54) is 31.4 Å². The number of nitrogens with zero attached hydrogens (tertiary/aromatic N) is 2. The Labute approximate surface area is 148 Å². The van der Waals surface area contributed by atoms with Crippen molar-refractivity contribution in [3.05, 3.63) is 29.8 Å². The SMILES string of the molecule is N#Cc1ccccc1S(=O)(=O)NCC(=O)N1CC[C@@H]2CCCC[C@@H]2C1. The minimum Gasteiger partial charge on any atom is -0.341 e. The maximum atomic E-state index is 12.4. The normalized spacial score (nSPS) is 23.6. The molecule has 1 N–H and O–H groups in total. The van der Waals surface area contributed by atoms with Gasteiger partial charge in [0.2, 0.25) is 15.9 Å². The molecular weight excluding hydrogens is 338 g/mol. The number of rotatable bonds is 4. The Morgan fingerprint density at radius 1 is 1.20 bits per heavy atom. The standard InChI is InChI=1S/C18H23N3O3S/c19-11-15-6-3-4-8-17(15)25(23,24)20-12-18(22)21-10-9-14-5-1-2-7-16(14)13-21/h3-4,6,8,14,16,20H,1-2,5,7,9-10,12-13H2/t14-,16+/m0/s1. The average Bonchev–Trinajstić information content (AvgIpc) is 2.65. The largest absolute Gasteiger partial charge is 0.341 e. The monoisotopic (exact) mass is 361 g/mol. The van der Waals surface area contributed by atoms with E-state index in [1.807, 2.05) is 6.07 Å². The second-order valence-corrected chi connectivity index (χ2v) is 8.60. The molecule has 0 spiro atoms. The van der Waals surface area contributed by atoms with Crippen LogP contribution in [0.2, 0.25) is 0 Å². The molecule has 0 bridgehead atoms. The van der Waals surface area contributed by atoms with Gasteiger partial charge in [0.1, 0.15) is 6.07 Å². The smallest absolute Gasteiger partial charge is 0.242 e.